The van der Waals surface area contributed by atoms with Crippen LogP contribution in [0.1, 0.15) is 22.7 Å². The van der Waals surface area contributed by atoms with Crippen molar-refractivity contribution in [2.24, 2.45) is 0 Å². The molecule has 1 heterocycles. The van der Waals surface area contributed by atoms with Crippen molar-refractivity contribution < 1.29 is 13.6 Å². The summed E-state index contributed by atoms with van der Waals surface area (Å²) in [6.07, 6.45) is 1.83. The van der Waals surface area contributed by atoms with Crippen LogP contribution in [0.4, 0.5) is 8.78 Å². The number of halogens is 2. The number of rotatable bonds is 4. The zero-order valence-corrected chi connectivity index (χ0v) is 14.0. The normalized spacial score (nSPS) is 17.0. The molecular formula is C22H17F2NO. The summed E-state index contributed by atoms with van der Waals surface area (Å²) in [5.74, 6) is -0.679. The molecule has 0 saturated heterocycles. The van der Waals surface area contributed by atoms with Gasteiger partial charge in [0.05, 0.1) is 18.2 Å². The average molecular weight is 349 g/mol. The van der Waals surface area contributed by atoms with E-state index in [2.05, 4.69) is 0 Å². The van der Waals surface area contributed by atoms with Gasteiger partial charge in [-0.25, -0.2) is 8.78 Å². The summed E-state index contributed by atoms with van der Waals surface area (Å²) >= 11 is 0. The standard InChI is InChI=1S/C22H17F2NO/c23-18-11-12-20(24)19(13-18)22-14-21(17-9-5-2-6-10-17)25(26-22)15-16-7-3-1-4-8-16/h1-14,21H,15H2. The SMILES string of the molecule is Fc1ccc(F)c(C2=CC(c3ccccc3)N(Cc3ccccc3)O2)c1. The summed E-state index contributed by atoms with van der Waals surface area (Å²) in [5.41, 5.74) is 2.22. The van der Waals surface area contributed by atoms with Crippen LogP contribution in [0, 0.1) is 11.6 Å². The van der Waals surface area contributed by atoms with E-state index in [0.29, 0.717) is 12.3 Å². The quantitative estimate of drug-likeness (QED) is 0.617. The molecule has 2 nitrogen and oxygen atoms in total. The van der Waals surface area contributed by atoms with Gasteiger partial charge in [-0.3, -0.25) is 0 Å². The van der Waals surface area contributed by atoms with Crippen molar-refractivity contribution in [2.75, 3.05) is 0 Å². The first-order valence-electron chi connectivity index (χ1n) is 8.41. The fraction of sp³-hybridized carbons (Fsp3) is 0.0909. The van der Waals surface area contributed by atoms with Crippen molar-refractivity contribution in [1.29, 1.82) is 0 Å². The molecule has 0 amide bonds. The number of benzene rings is 3. The van der Waals surface area contributed by atoms with Gasteiger partial charge < -0.3 is 4.84 Å². The topological polar surface area (TPSA) is 12.5 Å². The molecule has 130 valence electrons. The minimum absolute atomic E-state index is 0.126. The second-order valence-corrected chi connectivity index (χ2v) is 6.16. The molecule has 4 heteroatoms. The molecule has 0 radical (unpaired) electrons. The number of hydrogen-bond donors (Lipinski definition) is 0. The lowest BCUT2D eigenvalue weighted by atomic mass is 10.0. The number of hydroxylamine groups is 2. The molecule has 0 aliphatic carbocycles. The van der Waals surface area contributed by atoms with Crippen LogP contribution in [-0.2, 0) is 11.4 Å². The van der Waals surface area contributed by atoms with E-state index in [1.54, 1.807) is 5.06 Å². The summed E-state index contributed by atoms with van der Waals surface area (Å²) < 4.78 is 27.8. The van der Waals surface area contributed by atoms with E-state index in [0.717, 1.165) is 29.3 Å². The minimum Gasteiger partial charge on any atom is -0.404 e. The van der Waals surface area contributed by atoms with Crippen molar-refractivity contribution in [3.63, 3.8) is 0 Å². The van der Waals surface area contributed by atoms with E-state index in [1.807, 2.05) is 66.7 Å². The monoisotopic (exact) mass is 349 g/mol. The Hall–Kier alpha value is -2.98. The Morgan fingerprint density at radius 1 is 0.846 bits per heavy atom. The van der Waals surface area contributed by atoms with Crippen LogP contribution in [0.2, 0.25) is 0 Å². The van der Waals surface area contributed by atoms with Crippen molar-refractivity contribution >= 4 is 5.76 Å². The molecule has 0 fully saturated rings. The van der Waals surface area contributed by atoms with E-state index in [4.69, 9.17) is 4.84 Å². The van der Waals surface area contributed by atoms with Gasteiger partial charge in [0.25, 0.3) is 0 Å². The highest BCUT2D eigenvalue weighted by Crippen LogP contribution is 2.37. The molecule has 1 aliphatic heterocycles. The molecular weight excluding hydrogens is 332 g/mol. The van der Waals surface area contributed by atoms with E-state index in [1.165, 1.54) is 0 Å². The zero-order chi connectivity index (χ0) is 17.9. The van der Waals surface area contributed by atoms with Gasteiger partial charge in [-0.15, -0.1) is 5.06 Å². The van der Waals surface area contributed by atoms with E-state index < -0.39 is 11.6 Å². The van der Waals surface area contributed by atoms with Gasteiger partial charge in [-0.05, 0) is 35.4 Å². The maximum absolute atomic E-state index is 14.2. The summed E-state index contributed by atoms with van der Waals surface area (Å²) in [4.78, 5) is 5.94. The smallest absolute Gasteiger partial charge is 0.155 e. The van der Waals surface area contributed by atoms with Gasteiger partial charge in [-0.2, -0.15) is 0 Å². The Labute approximate surface area is 150 Å². The van der Waals surface area contributed by atoms with Crippen LogP contribution in [0.25, 0.3) is 5.76 Å². The first-order valence-corrected chi connectivity index (χ1v) is 8.41. The molecule has 0 aromatic heterocycles. The molecule has 26 heavy (non-hydrogen) atoms. The minimum atomic E-state index is -0.508. The second-order valence-electron chi connectivity index (χ2n) is 6.16. The molecule has 3 aromatic carbocycles. The van der Waals surface area contributed by atoms with Crippen LogP contribution >= 0.6 is 0 Å². The van der Waals surface area contributed by atoms with E-state index in [-0.39, 0.29) is 11.6 Å². The summed E-state index contributed by atoms with van der Waals surface area (Å²) in [6.45, 7) is 0.525. The Kier molecular flexibility index (Phi) is 4.50. The predicted octanol–water partition coefficient (Wildman–Crippen LogP) is 5.49. The third-order valence-electron chi connectivity index (χ3n) is 4.35. The van der Waals surface area contributed by atoms with Crippen LogP contribution in [0.15, 0.2) is 84.9 Å². The summed E-state index contributed by atoms with van der Waals surface area (Å²) in [5, 5.41) is 1.78. The highest BCUT2D eigenvalue weighted by molar-refractivity contribution is 5.63. The lowest BCUT2D eigenvalue weighted by Gasteiger charge is -2.23. The molecule has 4 rings (SSSR count). The molecule has 1 unspecified atom stereocenters. The summed E-state index contributed by atoms with van der Waals surface area (Å²) in [6, 6.07) is 22.9. The third kappa shape index (κ3) is 3.37. The Balaban J connectivity index is 1.70. The van der Waals surface area contributed by atoms with Gasteiger partial charge in [-0.1, -0.05) is 60.7 Å². The second kappa shape index (κ2) is 7.10. The number of hydrogen-bond acceptors (Lipinski definition) is 2. The zero-order valence-electron chi connectivity index (χ0n) is 14.0. The van der Waals surface area contributed by atoms with Crippen molar-refractivity contribution in [3.05, 3.63) is 113 Å². The van der Waals surface area contributed by atoms with E-state index in [9.17, 15) is 8.78 Å². The highest BCUT2D eigenvalue weighted by Gasteiger charge is 2.30. The molecule has 1 atom stereocenters. The first-order chi connectivity index (χ1) is 12.7. The third-order valence-corrected chi connectivity index (χ3v) is 4.35. The van der Waals surface area contributed by atoms with Crippen LogP contribution < -0.4 is 0 Å². The van der Waals surface area contributed by atoms with Gasteiger partial charge in [0, 0.05) is 0 Å². The van der Waals surface area contributed by atoms with Crippen molar-refractivity contribution in [1.82, 2.24) is 5.06 Å². The summed E-state index contributed by atoms with van der Waals surface area (Å²) in [7, 11) is 0. The van der Waals surface area contributed by atoms with Crippen LogP contribution in [0.5, 0.6) is 0 Å². The maximum atomic E-state index is 14.2. The molecule has 0 saturated carbocycles. The van der Waals surface area contributed by atoms with E-state index >= 15 is 0 Å². The fourth-order valence-electron chi connectivity index (χ4n) is 3.07. The highest BCUT2D eigenvalue weighted by atomic mass is 19.1. The molecule has 0 bridgehead atoms. The van der Waals surface area contributed by atoms with Crippen molar-refractivity contribution in [2.45, 2.75) is 12.6 Å². The van der Waals surface area contributed by atoms with Gasteiger partial charge in [0.15, 0.2) is 5.76 Å². The molecule has 0 N–H and O–H groups in total. The average Bonchev–Trinajstić information content (AvgIpc) is 3.09. The molecule has 3 aromatic rings. The van der Waals surface area contributed by atoms with Crippen LogP contribution in [-0.4, -0.2) is 5.06 Å². The maximum Gasteiger partial charge on any atom is 0.155 e. The van der Waals surface area contributed by atoms with Gasteiger partial charge >= 0.3 is 0 Å². The lowest BCUT2D eigenvalue weighted by molar-refractivity contribution is -0.101. The molecule has 0 spiro atoms. The van der Waals surface area contributed by atoms with Gasteiger partial charge in [0.2, 0.25) is 0 Å². The fourth-order valence-corrected chi connectivity index (χ4v) is 3.07. The lowest BCUT2D eigenvalue weighted by Crippen LogP contribution is -2.22. The Morgan fingerprint density at radius 3 is 2.27 bits per heavy atom. The predicted molar refractivity (Wildman–Crippen MR) is 96.6 cm³/mol. The largest absolute Gasteiger partial charge is 0.404 e. The van der Waals surface area contributed by atoms with Gasteiger partial charge in [0.1, 0.15) is 11.6 Å². The first kappa shape index (κ1) is 16.5. The Morgan fingerprint density at radius 2 is 1.54 bits per heavy atom. The number of nitrogens with zero attached hydrogens (tertiary/aromatic N) is 1. The van der Waals surface area contributed by atoms with Crippen molar-refractivity contribution in [3.8, 4) is 0 Å². The van der Waals surface area contributed by atoms with Crippen LogP contribution in [0.3, 0.4) is 0 Å². The molecule has 1 aliphatic rings. The Bertz CT molecular complexity index is 925.